The minimum atomic E-state index is -4.80. The van der Waals surface area contributed by atoms with Crippen LogP contribution in [-0.2, 0) is 6.32 Å². The van der Waals surface area contributed by atoms with E-state index >= 15 is 0 Å². The lowest BCUT2D eigenvalue weighted by Crippen LogP contribution is -2.21. The maximum absolute atomic E-state index is 12.5. The van der Waals surface area contributed by atoms with Gasteiger partial charge in [0.15, 0.2) is 0 Å². The molecule has 0 atom stereocenters. The van der Waals surface area contributed by atoms with Crippen LogP contribution in [0.25, 0.3) is 0 Å². The number of thiol groups is 1. The van der Waals surface area contributed by atoms with Gasteiger partial charge in [-0.3, -0.25) is 0 Å². The summed E-state index contributed by atoms with van der Waals surface area (Å²) in [6.45, 7) is 0.530. The van der Waals surface area contributed by atoms with Crippen LogP contribution in [0.4, 0.5) is 12.9 Å². The van der Waals surface area contributed by atoms with Gasteiger partial charge >= 0.3 is 6.98 Å². The second-order valence-corrected chi connectivity index (χ2v) is 5.46. The highest BCUT2D eigenvalue weighted by atomic mass is 127. The largest absolute Gasteiger partial charge is 0.482 e. The Morgan fingerprint density at radius 1 is 1.06 bits per heavy atom. The van der Waals surface area contributed by atoms with E-state index in [9.17, 15) is 12.9 Å². The van der Waals surface area contributed by atoms with E-state index in [1.807, 2.05) is 6.92 Å². The predicted molar refractivity (Wildman–Crippen MR) is 73.4 cm³/mol. The first kappa shape index (κ1) is 14.2. The topological polar surface area (TPSA) is 0 Å². The lowest BCUT2D eigenvalue weighted by Gasteiger charge is -2.21. The van der Waals surface area contributed by atoms with Crippen LogP contribution in [0.3, 0.4) is 0 Å². The van der Waals surface area contributed by atoms with Gasteiger partial charge in [0.25, 0.3) is 0 Å². The quantitative estimate of drug-likeness (QED) is 0.451. The van der Waals surface area contributed by atoms with E-state index in [-0.39, 0.29) is 0 Å². The molecule has 0 saturated heterocycles. The zero-order valence-corrected chi connectivity index (χ0v) is 12.3. The fourth-order valence-electron chi connectivity index (χ4n) is 1.76. The molecule has 0 aliphatic heterocycles. The summed E-state index contributed by atoms with van der Waals surface area (Å²) >= 11 is 6.36. The van der Waals surface area contributed by atoms with Crippen molar-refractivity contribution in [1.29, 1.82) is 0 Å². The fourth-order valence-corrected chi connectivity index (χ4v) is 2.82. The number of halogens is 4. The molecular formula is C10H12BF3IS-. The van der Waals surface area contributed by atoms with Crippen LogP contribution in [0.5, 0.6) is 0 Å². The summed E-state index contributed by atoms with van der Waals surface area (Å²) in [5, 5.41) is 0. The Morgan fingerprint density at radius 3 is 2.00 bits per heavy atom. The maximum atomic E-state index is 12.5. The first-order valence-corrected chi connectivity index (χ1v) is 6.36. The van der Waals surface area contributed by atoms with Crippen molar-refractivity contribution in [3.05, 3.63) is 25.8 Å². The summed E-state index contributed by atoms with van der Waals surface area (Å²) < 4.78 is 38.4. The van der Waals surface area contributed by atoms with Crippen molar-refractivity contribution in [2.45, 2.75) is 32.0 Å². The molecular weight excluding hydrogens is 347 g/mol. The monoisotopic (exact) mass is 359 g/mol. The molecule has 90 valence electrons. The van der Waals surface area contributed by atoms with Crippen LogP contribution in [0.1, 0.15) is 22.3 Å². The van der Waals surface area contributed by atoms with Gasteiger partial charge in [0, 0.05) is 8.47 Å². The molecule has 0 amide bonds. The number of hydrogen-bond donors (Lipinski definition) is 1. The molecule has 1 aromatic carbocycles. The highest BCUT2D eigenvalue weighted by molar-refractivity contribution is 14.1. The first-order valence-electron chi connectivity index (χ1n) is 4.83. The number of benzene rings is 1. The average Bonchev–Trinajstić information content (AvgIpc) is 2.17. The van der Waals surface area contributed by atoms with E-state index in [1.54, 1.807) is 13.8 Å². The Balaban J connectivity index is 3.40. The summed E-state index contributed by atoms with van der Waals surface area (Å²) in [5.41, 5.74) is 2.72. The van der Waals surface area contributed by atoms with E-state index in [0.717, 1.165) is 14.7 Å². The molecule has 16 heavy (non-hydrogen) atoms. The summed E-state index contributed by atoms with van der Waals surface area (Å²) in [5.74, 6) is 0. The van der Waals surface area contributed by atoms with Gasteiger partial charge in [0.2, 0.25) is 0 Å². The Morgan fingerprint density at radius 2 is 1.56 bits per heavy atom. The Bertz CT molecular complexity index is 400. The Labute approximate surface area is 113 Å². The van der Waals surface area contributed by atoms with Crippen molar-refractivity contribution in [2.24, 2.45) is 0 Å². The van der Waals surface area contributed by atoms with Crippen LogP contribution < -0.4 is 0 Å². The first-order chi connectivity index (χ1) is 7.15. The van der Waals surface area contributed by atoms with Crippen molar-refractivity contribution in [3.8, 4) is 0 Å². The van der Waals surface area contributed by atoms with Gasteiger partial charge in [-0.05, 0) is 60.1 Å². The van der Waals surface area contributed by atoms with Crippen molar-refractivity contribution >= 4 is 42.2 Å². The molecule has 0 radical (unpaired) electrons. The zero-order valence-electron chi connectivity index (χ0n) is 9.24. The van der Waals surface area contributed by atoms with E-state index in [1.165, 1.54) is 0 Å². The van der Waals surface area contributed by atoms with Gasteiger partial charge in [0.1, 0.15) is 0 Å². The SMILES string of the molecule is Cc1c(S)c(C)c(C[B-](F)(F)F)c(C)c1I. The van der Waals surface area contributed by atoms with Crippen LogP contribution in [0.15, 0.2) is 4.90 Å². The molecule has 1 aromatic rings. The predicted octanol–water partition coefficient (Wildman–Crippen LogP) is 4.43. The lowest BCUT2D eigenvalue weighted by molar-refractivity contribution is 0.467. The lowest BCUT2D eigenvalue weighted by atomic mass is 9.78. The third-order valence-corrected chi connectivity index (χ3v) is 5.00. The summed E-state index contributed by atoms with van der Waals surface area (Å²) in [6, 6.07) is 0. The highest BCUT2D eigenvalue weighted by Crippen LogP contribution is 2.32. The summed E-state index contributed by atoms with van der Waals surface area (Å²) in [7, 11) is 0. The van der Waals surface area contributed by atoms with Gasteiger partial charge < -0.3 is 12.9 Å². The van der Waals surface area contributed by atoms with Gasteiger partial charge in [-0.25, -0.2) is 0 Å². The summed E-state index contributed by atoms with van der Waals surface area (Å²) in [4.78, 5) is 0.671. The van der Waals surface area contributed by atoms with E-state index in [2.05, 4.69) is 35.2 Å². The molecule has 0 spiro atoms. The van der Waals surface area contributed by atoms with Gasteiger partial charge in [-0.15, -0.1) is 12.6 Å². The zero-order chi connectivity index (χ0) is 12.7. The number of rotatable bonds is 2. The molecule has 0 bridgehead atoms. The smallest absolute Gasteiger partial charge is 0.449 e. The minimum absolute atomic E-state index is 0.382. The fraction of sp³-hybridized carbons (Fsp3) is 0.400. The third-order valence-electron chi connectivity index (χ3n) is 2.71. The Kier molecular flexibility index (Phi) is 4.26. The van der Waals surface area contributed by atoms with Gasteiger partial charge in [-0.1, -0.05) is 11.9 Å². The minimum Gasteiger partial charge on any atom is -0.449 e. The van der Waals surface area contributed by atoms with Crippen LogP contribution in [0, 0.1) is 24.3 Å². The third kappa shape index (κ3) is 2.88. The van der Waals surface area contributed by atoms with Crippen molar-refractivity contribution in [3.63, 3.8) is 0 Å². The molecule has 0 unspecified atom stereocenters. The maximum Gasteiger partial charge on any atom is 0.482 e. The molecule has 1 rings (SSSR count). The van der Waals surface area contributed by atoms with E-state index in [4.69, 9.17) is 0 Å². The van der Waals surface area contributed by atoms with Gasteiger partial charge in [-0.2, -0.15) is 0 Å². The Hall–Kier alpha value is 0.155. The molecule has 0 fully saturated rings. The molecule has 0 saturated carbocycles. The van der Waals surface area contributed by atoms with Crippen LogP contribution in [-0.4, -0.2) is 6.98 Å². The molecule has 0 nitrogen and oxygen atoms in total. The van der Waals surface area contributed by atoms with Crippen molar-refractivity contribution < 1.29 is 12.9 Å². The van der Waals surface area contributed by atoms with Crippen molar-refractivity contribution in [1.82, 2.24) is 0 Å². The highest BCUT2D eigenvalue weighted by Gasteiger charge is 2.26. The molecule has 6 heteroatoms. The number of hydrogen-bond acceptors (Lipinski definition) is 1. The average molecular weight is 359 g/mol. The summed E-state index contributed by atoms with van der Waals surface area (Å²) in [6.07, 6.45) is -0.818. The second kappa shape index (κ2) is 4.80. The van der Waals surface area contributed by atoms with E-state index in [0.29, 0.717) is 16.0 Å². The molecule has 0 aromatic heterocycles. The molecule has 0 heterocycles. The van der Waals surface area contributed by atoms with Crippen LogP contribution in [0.2, 0.25) is 0 Å². The molecule has 0 N–H and O–H groups in total. The van der Waals surface area contributed by atoms with Gasteiger partial charge in [0.05, 0.1) is 0 Å². The normalized spacial score (nSPS) is 12.0. The second-order valence-electron chi connectivity index (χ2n) is 3.93. The van der Waals surface area contributed by atoms with Crippen LogP contribution >= 0.6 is 35.2 Å². The molecule has 0 aliphatic rings. The van der Waals surface area contributed by atoms with Crippen molar-refractivity contribution in [2.75, 3.05) is 0 Å². The standard InChI is InChI=1S/C10H12BF3IS/c1-5-8(4-11(12,13)14)6(2)10(16)7(3)9(5)15/h16H,4H2,1-3H3/q-1. The van der Waals surface area contributed by atoms with E-state index < -0.39 is 13.3 Å². The molecule has 0 aliphatic carbocycles.